The molecule has 1 heterocycles. The van der Waals surface area contributed by atoms with Crippen molar-refractivity contribution in [2.24, 2.45) is 0 Å². The number of quaternary nitrogens is 1. The van der Waals surface area contributed by atoms with Gasteiger partial charge in [-0.25, -0.2) is 9.36 Å². The van der Waals surface area contributed by atoms with Gasteiger partial charge in [-0.1, -0.05) is 12.1 Å². The first kappa shape index (κ1) is 14.5. The molecule has 0 saturated carbocycles. The van der Waals surface area contributed by atoms with Gasteiger partial charge in [-0.3, -0.25) is 4.79 Å². The third-order valence-electron chi connectivity index (χ3n) is 3.69. The molecule has 1 aromatic carbocycles. The largest absolute Gasteiger partial charge is 0.422 e. The van der Waals surface area contributed by atoms with Crippen LogP contribution in [0.5, 0.6) is 0 Å². The van der Waals surface area contributed by atoms with Gasteiger partial charge in [0.2, 0.25) is 0 Å². The van der Waals surface area contributed by atoms with Gasteiger partial charge in [-0.15, -0.1) is 0 Å². The van der Waals surface area contributed by atoms with Crippen molar-refractivity contribution in [3.63, 3.8) is 0 Å². The molecule has 0 spiro atoms. The summed E-state index contributed by atoms with van der Waals surface area (Å²) in [5.41, 5.74) is 0.0968. The van der Waals surface area contributed by atoms with E-state index in [0.717, 1.165) is 26.1 Å². The van der Waals surface area contributed by atoms with Crippen LogP contribution in [0.3, 0.4) is 0 Å². The Labute approximate surface area is 117 Å². The van der Waals surface area contributed by atoms with Crippen molar-refractivity contribution in [2.45, 2.75) is 26.8 Å². The number of para-hydroxylation sites is 1. The SMILES string of the molecule is CC[NH+](CC)CCCn1c(=O)oc2ccccc2c1=O. The summed E-state index contributed by atoms with van der Waals surface area (Å²) in [4.78, 5) is 25.6. The molecule has 1 aromatic heterocycles. The average molecular weight is 277 g/mol. The van der Waals surface area contributed by atoms with Gasteiger partial charge in [0.1, 0.15) is 5.58 Å². The number of rotatable bonds is 6. The van der Waals surface area contributed by atoms with E-state index in [0.29, 0.717) is 17.5 Å². The average Bonchev–Trinajstić information content (AvgIpc) is 2.46. The molecular formula is C15H21N2O3+. The van der Waals surface area contributed by atoms with Gasteiger partial charge in [0, 0.05) is 13.0 Å². The zero-order valence-corrected chi connectivity index (χ0v) is 12.0. The molecule has 0 aliphatic rings. The van der Waals surface area contributed by atoms with Gasteiger partial charge in [-0.05, 0) is 26.0 Å². The second kappa shape index (κ2) is 6.52. The normalized spacial score (nSPS) is 11.3. The standard InChI is InChI=1S/C15H20N2O3/c1-3-16(4-2)10-7-11-17-14(18)12-8-5-6-9-13(12)20-15(17)19/h5-6,8-9H,3-4,7,10-11H2,1-2H3/p+1. The van der Waals surface area contributed by atoms with E-state index in [1.165, 1.54) is 9.47 Å². The highest BCUT2D eigenvalue weighted by Crippen LogP contribution is 2.05. The molecule has 0 unspecified atom stereocenters. The van der Waals surface area contributed by atoms with Crippen LogP contribution in [0.4, 0.5) is 0 Å². The lowest BCUT2D eigenvalue weighted by molar-refractivity contribution is -0.896. The van der Waals surface area contributed by atoms with Gasteiger partial charge < -0.3 is 9.32 Å². The molecule has 0 aliphatic carbocycles. The Kier molecular flexibility index (Phi) is 4.74. The fraction of sp³-hybridized carbons (Fsp3) is 0.467. The van der Waals surface area contributed by atoms with Crippen molar-refractivity contribution in [3.05, 3.63) is 45.2 Å². The highest BCUT2D eigenvalue weighted by atomic mass is 16.4. The van der Waals surface area contributed by atoms with E-state index in [1.54, 1.807) is 24.3 Å². The molecule has 0 amide bonds. The van der Waals surface area contributed by atoms with E-state index in [-0.39, 0.29) is 5.56 Å². The van der Waals surface area contributed by atoms with Crippen LogP contribution in [0.25, 0.3) is 11.0 Å². The first-order valence-electron chi connectivity index (χ1n) is 7.13. The first-order chi connectivity index (χ1) is 9.67. The Morgan fingerprint density at radius 1 is 1.15 bits per heavy atom. The third-order valence-corrected chi connectivity index (χ3v) is 3.69. The maximum atomic E-state index is 12.3. The van der Waals surface area contributed by atoms with E-state index in [2.05, 4.69) is 13.8 Å². The van der Waals surface area contributed by atoms with Crippen LogP contribution in [-0.2, 0) is 6.54 Å². The second-order valence-electron chi connectivity index (χ2n) is 4.88. The van der Waals surface area contributed by atoms with Crippen LogP contribution in [0.1, 0.15) is 20.3 Å². The van der Waals surface area contributed by atoms with Crippen LogP contribution in [0, 0.1) is 0 Å². The number of hydrogen-bond acceptors (Lipinski definition) is 3. The van der Waals surface area contributed by atoms with Gasteiger partial charge in [0.05, 0.1) is 25.0 Å². The molecule has 0 radical (unpaired) electrons. The summed E-state index contributed by atoms with van der Waals surface area (Å²) in [6.07, 6.45) is 0.792. The van der Waals surface area contributed by atoms with Crippen LogP contribution < -0.4 is 16.2 Å². The molecule has 2 rings (SSSR count). The maximum absolute atomic E-state index is 12.3. The van der Waals surface area contributed by atoms with E-state index >= 15 is 0 Å². The third kappa shape index (κ3) is 2.99. The summed E-state index contributed by atoms with van der Waals surface area (Å²) in [6.45, 7) is 7.74. The summed E-state index contributed by atoms with van der Waals surface area (Å²) in [6, 6.07) is 6.85. The number of aromatic nitrogens is 1. The van der Waals surface area contributed by atoms with E-state index in [1.807, 2.05) is 0 Å². The zero-order chi connectivity index (χ0) is 14.5. The summed E-state index contributed by atoms with van der Waals surface area (Å²) in [5, 5.41) is 0.460. The van der Waals surface area contributed by atoms with Crippen LogP contribution in [0.2, 0.25) is 0 Å². The molecule has 0 atom stereocenters. The minimum Gasteiger partial charge on any atom is -0.409 e. The first-order valence-corrected chi connectivity index (χ1v) is 7.13. The van der Waals surface area contributed by atoms with Crippen LogP contribution in [-0.4, -0.2) is 24.2 Å². The van der Waals surface area contributed by atoms with Gasteiger partial charge >= 0.3 is 5.76 Å². The van der Waals surface area contributed by atoms with Crippen molar-refractivity contribution in [1.82, 2.24) is 4.57 Å². The fourth-order valence-corrected chi connectivity index (χ4v) is 2.39. The predicted molar refractivity (Wildman–Crippen MR) is 78.3 cm³/mol. The van der Waals surface area contributed by atoms with Gasteiger partial charge in [0.25, 0.3) is 5.56 Å². The Morgan fingerprint density at radius 2 is 1.85 bits per heavy atom. The van der Waals surface area contributed by atoms with Gasteiger partial charge in [-0.2, -0.15) is 0 Å². The fourth-order valence-electron chi connectivity index (χ4n) is 2.39. The lowest BCUT2D eigenvalue weighted by Gasteiger charge is -2.15. The summed E-state index contributed by atoms with van der Waals surface area (Å²) < 4.78 is 6.38. The highest BCUT2D eigenvalue weighted by Gasteiger charge is 2.10. The Balaban J connectivity index is 2.22. The van der Waals surface area contributed by atoms with Crippen molar-refractivity contribution in [1.29, 1.82) is 0 Å². The van der Waals surface area contributed by atoms with E-state index in [4.69, 9.17) is 4.42 Å². The number of nitrogens with one attached hydrogen (secondary N) is 1. The summed E-state index contributed by atoms with van der Waals surface area (Å²) in [7, 11) is 0. The number of benzene rings is 1. The molecule has 0 saturated heterocycles. The smallest absolute Gasteiger partial charge is 0.409 e. The number of nitrogens with zero attached hydrogens (tertiary/aromatic N) is 1. The summed E-state index contributed by atoms with van der Waals surface area (Å²) in [5.74, 6) is -0.566. The predicted octanol–water partition coefficient (Wildman–Crippen LogP) is 0.270. The summed E-state index contributed by atoms with van der Waals surface area (Å²) >= 11 is 0. The number of hydrogen-bond donors (Lipinski definition) is 1. The Hall–Kier alpha value is -1.88. The lowest BCUT2D eigenvalue weighted by Crippen LogP contribution is -3.11. The van der Waals surface area contributed by atoms with Crippen molar-refractivity contribution in [2.75, 3.05) is 19.6 Å². The molecule has 0 aliphatic heterocycles. The lowest BCUT2D eigenvalue weighted by atomic mass is 10.2. The monoisotopic (exact) mass is 277 g/mol. The van der Waals surface area contributed by atoms with Crippen LogP contribution in [0.15, 0.2) is 38.3 Å². The molecule has 0 bridgehead atoms. The van der Waals surface area contributed by atoms with Gasteiger partial charge in [0.15, 0.2) is 0 Å². The highest BCUT2D eigenvalue weighted by molar-refractivity contribution is 5.74. The maximum Gasteiger partial charge on any atom is 0.422 e. The molecule has 5 heteroatoms. The van der Waals surface area contributed by atoms with Crippen molar-refractivity contribution in [3.8, 4) is 0 Å². The molecule has 20 heavy (non-hydrogen) atoms. The van der Waals surface area contributed by atoms with E-state index in [9.17, 15) is 9.59 Å². The zero-order valence-electron chi connectivity index (χ0n) is 12.0. The molecule has 1 N–H and O–H groups in total. The van der Waals surface area contributed by atoms with Crippen LogP contribution >= 0.6 is 0 Å². The second-order valence-corrected chi connectivity index (χ2v) is 4.88. The Morgan fingerprint density at radius 3 is 2.55 bits per heavy atom. The van der Waals surface area contributed by atoms with Crippen molar-refractivity contribution >= 4 is 11.0 Å². The van der Waals surface area contributed by atoms with E-state index < -0.39 is 5.76 Å². The quantitative estimate of drug-likeness (QED) is 0.824. The molecular weight excluding hydrogens is 256 g/mol. The molecule has 5 nitrogen and oxygen atoms in total. The molecule has 108 valence electrons. The topological polar surface area (TPSA) is 56.6 Å². The molecule has 2 aromatic rings. The minimum atomic E-state index is -0.566. The molecule has 0 fully saturated rings. The minimum absolute atomic E-state index is 0.258. The Bertz CT molecular complexity index is 683. The number of fused-ring (bicyclic) bond motifs is 1. The van der Waals surface area contributed by atoms with Crippen molar-refractivity contribution < 1.29 is 9.32 Å².